The zero-order valence-electron chi connectivity index (χ0n) is 11.2. The highest BCUT2D eigenvalue weighted by molar-refractivity contribution is 5.52. The Hall–Kier alpha value is -2.67. The van der Waals surface area contributed by atoms with Crippen LogP contribution >= 0.6 is 0 Å². The van der Waals surface area contributed by atoms with Crippen LogP contribution in [0.2, 0.25) is 0 Å². The van der Waals surface area contributed by atoms with E-state index in [1.54, 1.807) is 0 Å². The Morgan fingerprint density at radius 3 is 2.62 bits per heavy atom. The standard InChI is InChI=1S/C14H13FN2O4/c1-20-11-2-3-13(17(18)19)14(7-11)21-12-5-9(8-16)4-10(15)6-12/h2-7H,8,16H2,1H3. The van der Waals surface area contributed by atoms with Gasteiger partial charge >= 0.3 is 5.69 Å². The average molecular weight is 292 g/mol. The van der Waals surface area contributed by atoms with Gasteiger partial charge in [-0.05, 0) is 23.8 Å². The Kier molecular flexibility index (Phi) is 4.34. The smallest absolute Gasteiger partial charge is 0.311 e. The lowest BCUT2D eigenvalue weighted by molar-refractivity contribution is -0.385. The molecule has 0 aliphatic heterocycles. The first-order chi connectivity index (χ1) is 10.0. The van der Waals surface area contributed by atoms with Gasteiger partial charge in [0.1, 0.15) is 17.3 Å². The van der Waals surface area contributed by atoms with Crippen molar-refractivity contribution in [2.45, 2.75) is 6.54 Å². The lowest BCUT2D eigenvalue weighted by atomic mass is 10.2. The van der Waals surface area contributed by atoms with E-state index in [0.29, 0.717) is 11.3 Å². The van der Waals surface area contributed by atoms with Crippen molar-refractivity contribution in [3.63, 3.8) is 0 Å². The number of nitrogens with two attached hydrogens (primary N) is 1. The summed E-state index contributed by atoms with van der Waals surface area (Å²) in [5.41, 5.74) is 5.74. The molecule has 0 fully saturated rings. The van der Waals surface area contributed by atoms with Crippen molar-refractivity contribution in [1.29, 1.82) is 0 Å². The molecule has 2 aromatic carbocycles. The number of halogens is 1. The second kappa shape index (κ2) is 6.19. The topological polar surface area (TPSA) is 87.6 Å². The molecule has 0 spiro atoms. The number of nitro groups is 1. The Balaban J connectivity index is 2.42. The second-order valence-electron chi connectivity index (χ2n) is 4.19. The van der Waals surface area contributed by atoms with Crippen molar-refractivity contribution in [1.82, 2.24) is 0 Å². The number of methoxy groups -OCH3 is 1. The highest BCUT2D eigenvalue weighted by Crippen LogP contribution is 2.35. The number of nitrogens with zero attached hydrogens (tertiary/aromatic N) is 1. The Bertz CT molecular complexity index is 676. The van der Waals surface area contributed by atoms with Crippen LogP contribution in [0.25, 0.3) is 0 Å². The molecule has 0 heterocycles. The SMILES string of the molecule is COc1ccc([N+](=O)[O-])c(Oc2cc(F)cc(CN)c2)c1. The van der Waals surface area contributed by atoms with Gasteiger partial charge in [-0.15, -0.1) is 0 Å². The molecule has 0 aliphatic rings. The molecule has 110 valence electrons. The molecule has 0 bridgehead atoms. The van der Waals surface area contributed by atoms with Gasteiger partial charge in [-0.2, -0.15) is 0 Å². The molecule has 0 radical (unpaired) electrons. The molecule has 2 N–H and O–H groups in total. The van der Waals surface area contributed by atoms with Crippen LogP contribution in [0.15, 0.2) is 36.4 Å². The number of hydrogen-bond acceptors (Lipinski definition) is 5. The summed E-state index contributed by atoms with van der Waals surface area (Å²) >= 11 is 0. The minimum absolute atomic E-state index is 0.0343. The molecule has 0 unspecified atom stereocenters. The number of benzene rings is 2. The molecular formula is C14H13FN2O4. The summed E-state index contributed by atoms with van der Waals surface area (Å²) in [5, 5.41) is 11.0. The van der Waals surface area contributed by atoms with E-state index in [1.807, 2.05) is 0 Å². The predicted molar refractivity (Wildman–Crippen MR) is 74.0 cm³/mol. The lowest BCUT2D eigenvalue weighted by Gasteiger charge is -2.09. The van der Waals surface area contributed by atoms with Crippen LogP contribution in [0.5, 0.6) is 17.2 Å². The fraction of sp³-hybridized carbons (Fsp3) is 0.143. The van der Waals surface area contributed by atoms with Crippen molar-refractivity contribution in [2.24, 2.45) is 5.73 Å². The Morgan fingerprint density at radius 2 is 2.00 bits per heavy atom. The summed E-state index contributed by atoms with van der Waals surface area (Å²) in [5.74, 6) is -0.0377. The van der Waals surface area contributed by atoms with Crippen LogP contribution in [-0.4, -0.2) is 12.0 Å². The molecule has 2 rings (SSSR count). The fourth-order valence-corrected chi connectivity index (χ4v) is 1.78. The van der Waals surface area contributed by atoms with Gasteiger partial charge in [0.15, 0.2) is 0 Å². The minimum atomic E-state index is -0.585. The molecule has 0 amide bonds. The summed E-state index contributed by atoms with van der Waals surface area (Å²) in [6, 6.07) is 7.99. The first-order valence-corrected chi connectivity index (χ1v) is 6.03. The first kappa shape index (κ1) is 14.7. The quantitative estimate of drug-likeness (QED) is 0.676. The maximum atomic E-state index is 13.4. The van der Waals surface area contributed by atoms with E-state index >= 15 is 0 Å². The maximum Gasteiger partial charge on any atom is 0.311 e. The largest absolute Gasteiger partial charge is 0.497 e. The highest BCUT2D eigenvalue weighted by atomic mass is 19.1. The molecule has 6 nitrogen and oxygen atoms in total. The second-order valence-corrected chi connectivity index (χ2v) is 4.19. The van der Waals surface area contributed by atoms with E-state index < -0.39 is 10.7 Å². The number of ether oxygens (including phenoxy) is 2. The van der Waals surface area contributed by atoms with Crippen LogP contribution in [0.4, 0.5) is 10.1 Å². The molecular weight excluding hydrogens is 279 g/mol. The van der Waals surface area contributed by atoms with Crippen molar-refractivity contribution in [2.75, 3.05) is 7.11 Å². The Labute approximate surface area is 120 Å². The van der Waals surface area contributed by atoms with Gasteiger partial charge < -0.3 is 15.2 Å². The van der Waals surface area contributed by atoms with E-state index in [2.05, 4.69) is 0 Å². The number of hydrogen-bond donors (Lipinski definition) is 1. The van der Waals surface area contributed by atoms with Gasteiger partial charge in [-0.3, -0.25) is 10.1 Å². The van der Waals surface area contributed by atoms with Crippen LogP contribution < -0.4 is 15.2 Å². The fourth-order valence-electron chi connectivity index (χ4n) is 1.78. The van der Waals surface area contributed by atoms with E-state index in [4.69, 9.17) is 15.2 Å². The molecule has 0 saturated carbocycles. The molecule has 0 saturated heterocycles. The monoisotopic (exact) mass is 292 g/mol. The zero-order chi connectivity index (χ0) is 15.4. The molecule has 21 heavy (non-hydrogen) atoms. The van der Waals surface area contributed by atoms with Crippen LogP contribution in [0.3, 0.4) is 0 Å². The summed E-state index contributed by atoms with van der Waals surface area (Å²) < 4.78 is 23.8. The average Bonchev–Trinajstić information content (AvgIpc) is 2.46. The van der Waals surface area contributed by atoms with Crippen molar-refractivity contribution < 1.29 is 18.8 Å². The van der Waals surface area contributed by atoms with Crippen molar-refractivity contribution in [3.05, 3.63) is 57.9 Å². The molecule has 7 heteroatoms. The molecule has 2 aromatic rings. The number of rotatable bonds is 5. The highest BCUT2D eigenvalue weighted by Gasteiger charge is 2.17. The first-order valence-electron chi connectivity index (χ1n) is 6.03. The summed E-state index contributed by atoms with van der Waals surface area (Å²) in [6.45, 7) is 0.133. The van der Waals surface area contributed by atoms with Gasteiger partial charge in [-0.25, -0.2) is 4.39 Å². The van der Waals surface area contributed by atoms with Gasteiger partial charge in [-0.1, -0.05) is 0 Å². The normalized spacial score (nSPS) is 10.2. The van der Waals surface area contributed by atoms with Gasteiger partial charge in [0, 0.05) is 24.7 Å². The molecule has 0 atom stereocenters. The number of nitro benzene ring substituents is 1. The van der Waals surface area contributed by atoms with Gasteiger partial charge in [0.2, 0.25) is 5.75 Å². The summed E-state index contributed by atoms with van der Waals surface area (Å²) in [7, 11) is 1.43. The minimum Gasteiger partial charge on any atom is -0.497 e. The Morgan fingerprint density at radius 1 is 1.24 bits per heavy atom. The van der Waals surface area contributed by atoms with E-state index in [1.165, 1.54) is 37.4 Å². The maximum absolute atomic E-state index is 13.4. The van der Waals surface area contributed by atoms with Crippen molar-refractivity contribution >= 4 is 5.69 Å². The third-order valence-electron chi connectivity index (χ3n) is 2.76. The van der Waals surface area contributed by atoms with Crippen LogP contribution in [0, 0.1) is 15.9 Å². The molecule has 0 aromatic heterocycles. The predicted octanol–water partition coefficient (Wildman–Crippen LogP) is 2.99. The van der Waals surface area contributed by atoms with E-state index in [0.717, 1.165) is 6.07 Å². The van der Waals surface area contributed by atoms with Gasteiger partial charge in [0.25, 0.3) is 0 Å². The third kappa shape index (κ3) is 3.46. The van der Waals surface area contributed by atoms with Crippen molar-refractivity contribution in [3.8, 4) is 17.2 Å². The summed E-state index contributed by atoms with van der Waals surface area (Å²) in [6.07, 6.45) is 0. The van der Waals surface area contributed by atoms with E-state index in [-0.39, 0.29) is 23.7 Å². The van der Waals surface area contributed by atoms with Crippen LogP contribution in [-0.2, 0) is 6.54 Å². The van der Waals surface area contributed by atoms with Crippen LogP contribution in [0.1, 0.15) is 5.56 Å². The molecule has 0 aliphatic carbocycles. The summed E-state index contributed by atoms with van der Waals surface area (Å²) in [4.78, 5) is 10.4. The third-order valence-corrected chi connectivity index (χ3v) is 2.76. The zero-order valence-corrected chi connectivity index (χ0v) is 11.2. The van der Waals surface area contributed by atoms with E-state index in [9.17, 15) is 14.5 Å². The lowest BCUT2D eigenvalue weighted by Crippen LogP contribution is -1.99. The van der Waals surface area contributed by atoms with Gasteiger partial charge in [0.05, 0.1) is 12.0 Å².